The van der Waals surface area contributed by atoms with Gasteiger partial charge in [0.25, 0.3) is 0 Å². The van der Waals surface area contributed by atoms with Crippen LogP contribution >= 0.6 is 0 Å². The van der Waals surface area contributed by atoms with Crippen molar-refractivity contribution in [2.75, 3.05) is 20.8 Å². The molecule has 0 saturated carbocycles. The molecule has 86 valence electrons. The molecule has 0 spiro atoms. The monoisotopic (exact) mass is 211 g/mol. The Balaban J connectivity index is 2.67. The number of rotatable bonds is 6. The second-order valence-electron chi connectivity index (χ2n) is 3.90. The lowest BCUT2D eigenvalue weighted by atomic mass is 9.96. The number of methoxy groups -OCH3 is 1. The maximum Gasteiger partial charge on any atom is 0.0552 e. The third-order valence-corrected chi connectivity index (χ3v) is 2.83. The molecule has 2 atom stereocenters. The lowest BCUT2D eigenvalue weighted by Gasteiger charge is -2.23. The molecule has 0 aliphatic carbocycles. The Hall–Kier alpha value is -0.870. The molecule has 1 rings (SSSR count). The van der Waals surface area contributed by atoms with Gasteiger partial charge in [-0.15, -0.1) is 0 Å². The van der Waals surface area contributed by atoms with Crippen molar-refractivity contribution in [3.05, 3.63) is 18.0 Å². The fourth-order valence-corrected chi connectivity index (χ4v) is 1.88. The molecule has 0 amide bonds. The lowest BCUT2D eigenvalue weighted by molar-refractivity contribution is 0.170. The minimum Gasteiger partial charge on any atom is -0.385 e. The van der Waals surface area contributed by atoms with Gasteiger partial charge in [0, 0.05) is 27.0 Å². The topological polar surface area (TPSA) is 39.1 Å². The van der Waals surface area contributed by atoms with Crippen LogP contribution in [-0.2, 0) is 11.8 Å². The first-order chi connectivity index (χ1) is 7.20. The van der Waals surface area contributed by atoms with Crippen LogP contribution in [0, 0.1) is 5.92 Å². The highest BCUT2D eigenvalue weighted by Gasteiger charge is 2.19. The van der Waals surface area contributed by atoms with E-state index in [0.717, 1.165) is 13.0 Å². The Morgan fingerprint density at radius 3 is 2.80 bits per heavy atom. The fourth-order valence-electron chi connectivity index (χ4n) is 1.88. The molecule has 1 aromatic heterocycles. The van der Waals surface area contributed by atoms with Crippen molar-refractivity contribution in [3.8, 4) is 0 Å². The lowest BCUT2D eigenvalue weighted by Crippen LogP contribution is -2.26. The van der Waals surface area contributed by atoms with E-state index in [1.54, 1.807) is 7.11 Å². The number of nitrogens with zero attached hydrogens (tertiary/aromatic N) is 2. The van der Waals surface area contributed by atoms with Gasteiger partial charge in [-0.05, 0) is 25.5 Å². The average molecular weight is 211 g/mol. The number of ether oxygens (including phenoxy) is 1. The largest absolute Gasteiger partial charge is 0.385 e. The zero-order valence-electron chi connectivity index (χ0n) is 10.0. The summed E-state index contributed by atoms with van der Waals surface area (Å²) in [5, 5.41) is 7.53. The summed E-state index contributed by atoms with van der Waals surface area (Å²) in [7, 11) is 5.70. The van der Waals surface area contributed by atoms with Gasteiger partial charge >= 0.3 is 0 Å². The molecule has 0 aromatic carbocycles. The Bertz CT molecular complexity index is 285. The molecule has 0 fully saturated rings. The van der Waals surface area contributed by atoms with Crippen LogP contribution in [0.25, 0.3) is 0 Å². The van der Waals surface area contributed by atoms with E-state index in [1.807, 2.05) is 25.0 Å². The van der Waals surface area contributed by atoms with Gasteiger partial charge in [-0.2, -0.15) is 5.10 Å². The number of hydrogen-bond acceptors (Lipinski definition) is 3. The molecular formula is C11H21N3O. The van der Waals surface area contributed by atoms with E-state index in [9.17, 15) is 0 Å². The predicted molar refractivity (Wildman–Crippen MR) is 60.7 cm³/mol. The molecule has 0 aliphatic heterocycles. The van der Waals surface area contributed by atoms with Crippen molar-refractivity contribution in [3.63, 3.8) is 0 Å². The van der Waals surface area contributed by atoms with E-state index in [0.29, 0.717) is 12.0 Å². The SMILES string of the molecule is CNC(c1ccnn1C)C(C)CCOC. The predicted octanol–water partition coefficient (Wildman–Crippen LogP) is 1.35. The first kappa shape index (κ1) is 12.2. The number of hydrogen-bond donors (Lipinski definition) is 1. The van der Waals surface area contributed by atoms with Crippen LogP contribution < -0.4 is 5.32 Å². The molecule has 0 bridgehead atoms. The van der Waals surface area contributed by atoms with Crippen LogP contribution in [-0.4, -0.2) is 30.5 Å². The van der Waals surface area contributed by atoms with E-state index in [2.05, 4.69) is 23.4 Å². The van der Waals surface area contributed by atoms with Gasteiger partial charge in [0.15, 0.2) is 0 Å². The highest BCUT2D eigenvalue weighted by molar-refractivity contribution is 5.07. The van der Waals surface area contributed by atoms with Crippen molar-refractivity contribution in [2.45, 2.75) is 19.4 Å². The van der Waals surface area contributed by atoms with Crippen molar-refractivity contribution in [2.24, 2.45) is 13.0 Å². The first-order valence-corrected chi connectivity index (χ1v) is 5.34. The van der Waals surface area contributed by atoms with Crippen LogP contribution in [0.1, 0.15) is 25.1 Å². The summed E-state index contributed by atoms with van der Waals surface area (Å²) in [6.07, 6.45) is 2.88. The van der Waals surface area contributed by atoms with Gasteiger partial charge in [0.05, 0.1) is 11.7 Å². The Kier molecular flexibility index (Phi) is 4.78. The molecule has 1 N–H and O–H groups in total. The van der Waals surface area contributed by atoms with Crippen LogP contribution in [0.2, 0.25) is 0 Å². The molecule has 0 radical (unpaired) electrons. The van der Waals surface area contributed by atoms with Gasteiger partial charge in [0.1, 0.15) is 0 Å². The summed E-state index contributed by atoms with van der Waals surface area (Å²) in [5.74, 6) is 0.533. The molecule has 4 heteroatoms. The maximum absolute atomic E-state index is 5.10. The van der Waals surface area contributed by atoms with Crippen molar-refractivity contribution in [1.29, 1.82) is 0 Å². The average Bonchev–Trinajstić information content (AvgIpc) is 2.63. The summed E-state index contributed by atoms with van der Waals surface area (Å²) in [6, 6.07) is 2.40. The minimum atomic E-state index is 0.340. The van der Waals surface area contributed by atoms with Crippen LogP contribution in [0.5, 0.6) is 0 Å². The Labute approximate surface area is 91.6 Å². The van der Waals surface area contributed by atoms with E-state index in [1.165, 1.54) is 5.69 Å². The molecule has 15 heavy (non-hydrogen) atoms. The van der Waals surface area contributed by atoms with Crippen molar-refractivity contribution < 1.29 is 4.74 Å². The van der Waals surface area contributed by atoms with Crippen molar-refractivity contribution >= 4 is 0 Å². The summed E-state index contributed by atoms with van der Waals surface area (Å²) in [6.45, 7) is 3.03. The molecular weight excluding hydrogens is 190 g/mol. The Morgan fingerprint density at radius 2 is 2.33 bits per heavy atom. The van der Waals surface area contributed by atoms with Gasteiger partial charge < -0.3 is 10.1 Å². The standard InChI is InChI=1S/C11H21N3O/c1-9(6-8-15-4)11(12-2)10-5-7-13-14(10)3/h5,7,9,11-12H,6,8H2,1-4H3. The van der Waals surface area contributed by atoms with Crippen LogP contribution in [0.4, 0.5) is 0 Å². The van der Waals surface area contributed by atoms with E-state index >= 15 is 0 Å². The smallest absolute Gasteiger partial charge is 0.0552 e. The van der Waals surface area contributed by atoms with Gasteiger partial charge in [-0.25, -0.2) is 0 Å². The second kappa shape index (κ2) is 5.88. The van der Waals surface area contributed by atoms with E-state index in [-0.39, 0.29) is 0 Å². The summed E-state index contributed by atoms with van der Waals surface area (Å²) < 4.78 is 7.03. The maximum atomic E-state index is 5.10. The molecule has 1 aromatic rings. The molecule has 4 nitrogen and oxygen atoms in total. The third kappa shape index (κ3) is 3.04. The van der Waals surface area contributed by atoms with Gasteiger partial charge in [-0.3, -0.25) is 4.68 Å². The normalized spacial score (nSPS) is 15.2. The summed E-state index contributed by atoms with van der Waals surface area (Å²) in [4.78, 5) is 0. The molecule has 1 heterocycles. The van der Waals surface area contributed by atoms with Gasteiger partial charge in [0.2, 0.25) is 0 Å². The number of aryl methyl sites for hydroxylation is 1. The highest BCUT2D eigenvalue weighted by Crippen LogP contribution is 2.23. The Morgan fingerprint density at radius 1 is 1.60 bits per heavy atom. The highest BCUT2D eigenvalue weighted by atomic mass is 16.5. The quantitative estimate of drug-likeness (QED) is 0.772. The van der Waals surface area contributed by atoms with Crippen molar-refractivity contribution in [1.82, 2.24) is 15.1 Å². The first-order valence-electron chi connectivity index (χ1n) is 5.34. The zero-order valence-corrected chi connectivity index (χ0v) is 10.0. The zero-order chi connectivity index (χ0) is 11.3. The summed E-state index contributed by atoms with van der Waals surface area (Å²) >= 11 is 0. The van der Waals surface area contributed by atoms with Gasteiger partial charge in [-0.1, -0.05) is 6.92 Å². The number of nitrogens with one attached hydrogen (secondary N) is 1. The molecule has 0 saturated heterocycles. The van der Waals surface area contributed by atoms with Crippen LogP contribution in [0.15, 0.2) is 12.3 Å². The van der Waals surface area contributed by atoms with Crippen LogP contribution in [0.3, 0.4) is 0 Å². The summed E-state index contributed by atoms with van der Waals surface area (Å²) in [5.41, 5.74) is 1.22. The third-order valence-electron chi connectivity index (χ3n) is 2.83. The van der Waals surface area contributed by atoms with E-state index < -0.39 is 0 Å². The molecule has 2 unspecified atom stereocenters. The fraction of sp³-hybridized carbons (Fsp3) is 0.727. The van der Waals surface area contributed by atoms with E-state index in [4.69, 9.17) is 4.74 Å². The number of aromatic nitrogens is 2. The minimum absolute atomic E-state index is 0.340. The molecule has 0 aliphatic rings. The second-order valence-corrected chi connectivity index (χ2v) is 3.90.